The Kier molecular flexibility index (Phi) is 9.95. The van der Waals surface area contributed by atoms with Gasteiger partial charge in [0.2, 0.25) is 0 Å². The number of nitrogens with one attached hydrogen (secondary N) is 2. The summed E-state index contributed by atoms with van der Waals surface area (Å²) in [6, 6.07) is 5.26. The number of halogens is 2. The highest BCUT2D eigenvalue weighted by Gasteiger charge is 2.08. The minimum Gasteiger partial charge on any atom is -0.354 e. The predicted molar refractivity (Wildman–Crippen MR) is 104 cm³/mol. The van der Waals surface area contributed by atoms with E-state index in [0.717, 1.165) is 36.9 Å². The molecule has 4 nitrogen and oxygen atoms in total. The zero-order valence-electron chi connectivity index (χ0n) is 15.2. The van der Waals surface area contributed by atoms with Crippen molar-refractivity contribution in [2.45, 2.75) is 46.2 Å². The van der Waals surface area contributed by atoms with Crippen LogP contribution in [-0.4, -0.2) is 43.6 Å². The molecule has 0 aliphatic heterocycles. The molecule has 0 aliphatic rings. The molecule has 1 rings (SSSR count). The Bertz CT molecular complexity index is 518. The molecule has 0 heterocycles. The Morgan fingerprint density at radius 2 is 2.04 bits per heavy atom. The molecule has 1 aromatic rings. The van der Waals surface area contributed by atoms with Crippen molar-refractivity contribution in [2.24, 2.45) is 4.99 Å². The molecular weight excluding hydrogens is 371 g/mol. The normalized spacial score (nSPS) is 13.2. The summed E-state index contributed by atoms with van der Waals surface area (Å²) in [5.41, 5.74) is 0.613. The van der Waals surface area contributed by atoms with Crippen molar-refractivity contribution in [3.63, 3.8) is 0 Å². The van der Waals surface area contributed by atoms with Crippen LogP contribution in [0.3, 0.4) is 0 Å². The van der Waals surface area contributed by atoms with Gasteiger partial charge in [0, 0.05) is 29.7 Å². The van der Waals surface area contributed by atoms with Gasteiger partial charge in [0.1, 0.15) is 5.82 Å². The molecule has 1 atom stereocenters. The van der Waals surface area contributed by atoms with Crippen LogP contribution >= 0.6 is 15.9 Å². The molecule has 136 valence electrons. The molecule has 0 saturated carbocycles. The lowest BCUT2D eigenvalue weighted by Gasteiger charge is -2.21. The van der Waals surface area contributed by atoms with Gasteiger partial charge in [-0.25, -0.2) is 4.39 Å². The summed E-state index contributed by atoms with van der Waals surface area (Å²) in [4.78, 5) is 6.65. The van der Waals surface area contributed by atoms with Crippen molar-refractivity contribution in [1.82, 2.24) is 15.5 Å². The first-order valence-corrected chi connectivity index (χ1v) is 9.42. The summed E-state index contributed by atoms with van der Waals surface area (Å²) < 4.78 is 14.6. The average molecular weight is 401 g/mol. The Labute approximate surface area is 154 Å². The molecule has 1 aromatic carbocycles. The van der Waals surface area contributed by atoms with Crippen molar-refractivity contribution in [1.29, 1.82) is 0 Å². The highest BCUT2D eigenvalue weighted by atomic mass is 79.9. The fraction of sp³-hybridized carbons (Fsp3) is 0.611. The maximum absolute atomic E-state index is 13.8. The summed E-state index contributed by atoms with van der Waals surface area (Å²) in [7, 11) is 1.73. The fourth-order valence-corrected chi connectivity index (χ4v) is 2.93. The van der Waals surface area contributed by atoms with E-state index in [0.29, 0.717) is 24.1 Å². The maximum atomic E-state index is 13.8. The van der Waals surface area contributed by atoms with Crippen LogP contribution < -0.4 is 10.6 Å². The third-order valence-electron chi connectivity index (χ3n) is 4.07. The predicted octanol–water partition coefficient (Wildman–Crippen LogP) is 3.76. The lowest BCUT2D eigenvalue weighted by Crippen LogP contribution is -2.42. The quantitative estimate of drug-likeness (QED) is 0.489. The summed E-state index contributed by atoms with van der Waals surface area (Å²) in [6.45, 7) is 10.2. The van der Waals surface area contributed by atoms with Gasteiger partial charge in [-0.05, 0) is 57.6 Å². The minimum atomic E-state index is -0.214. The molecule has 0 aromatic heterocycles. The Morgan fingerprint density at radius 3 is 2.67 bits per heavy atom. The number of benzene rings is 1. The van der Waals surface area contributed by atoms with Crippen LogP contribution in [0, 0.1) is 5.82 Å². The van der Waals surface area contributed by atoms with E-state index in [4.69, 9.17) is 0 Å². The van der Waals surface area contributed by atoms with Gasteiger partial charge in [-0.3, -0.25) is 4.99 Å². The lowest BCUT2D eigenvalue weighted by atomic mass is 10.2. The van der Waals surface area contributed by atoms with E-state index >= 15 is 0 Å². The van der Waals surface area contributed by atoms with Crippen molar-refractivity contribution in [2.75, 3.05) is 26.7 Å². The first-order chi connectivity index (χ1) is 11.5. The SMILES string of the molecule is CCN(CC)CCCC(C)NC(=NC)NCc1cc(Br)ccc1F. The first kappa shape index (κ1) is 20.9. The molecule has 1 unspecified atom stereocenters. The van der Waals surface area contributed by atoms with Gasteiger partial charge in [-0.15, -0.1) is 0 Å². The molecule has 0 spiro atoms. The molecule has 0 radical (unpaired) electrons. The van der Waals surface area contributed by atoms with Gasteiger partial charge in [-0.1, -0.05) is 29.8 Å². The summed E-state index contributed by atoms with van der Waals surface area (Å²) in [5, 5.41) is 6.54. The fourth-order valence-electron chi connectivity index (χ4n) is 2.52. The number of hydrogen-bond donors (Lipinski definition) is 2. The van der Waals surface area contributed by atoms with E-state index in [-0.39, 0.29) is 5.82 Å². The smallest absolute Gasteiger partial charge is 0.191 e. The zero-order chi connectivity index (χ0) is 17.9. The number of rotatable bonds is 9. The molecule has 0 amide bonds. The molecule has 24 heavy (non-hydrogen) atoms. The summed E-state index contributed by atoms with van der Waals surface area (Å²) >= 11 is 3.37. The van der Waals surface area contributed by atoms with Crippen LogP contribution in [0.1, 0.15) is 39.2 Å². The Hall–Kier alpha value is -1.14. The van der Waals surface area contributed by atoms with Crippen molar-refractivity contribution >= 4 is 21.9 Å². The van der Waals surface area contributed by atoms with E-state index in [2.05, 4.69) is 57.2 Å². The summed E-state index contributed by atoms with van der Waals surface area (Å²) in [5.74, 6) is 0.484. The maximum Gasteiger partial charge on any atom is 0.191 e. The number of nitrogens with zero attached hydrogens (tertiary/aromatic N) is 2. The van der Waals surface area contributed by atoms with E-state index < -0.39 is 0 Å². The molecule has 0 bridgehead atoms. The van der Waals surface area contributed by atoms with Gasteiger partial charge < -0.3 is 15.5 Å². The van der Waals surface area contributed by atoms with Crippen LogP contribution in [0.4, 0.5) is 4.39 Å². The number of hydrogen-bond acceptors (Lipinski definition) is 2. The molecule has 6 heteroatoms. The molecule has 0 fully saturated rings. The topological polar surface area (TPSA) is 39.7 Å². The second-order valence-electron chi connectivity index (χ2n) is 5.88. The van der Waals surface area contributed by atoms with Crippen molar-refractivity contribution < 1.29 is 4.39 Å². The zero-order valence-corrected chi connectivity index (χ0v) is 16.8. The van der Waals surface area contributed by atoms with Crippen molar-refractivity contribution in [3.05, 3.63) is 34.1 Å². The highest BCUT2D eigenvalue weighted by molar-refractivity contribution is 9.10. The Balaban J connectivity index is 2.40. The van der Waals surface area contributed by atoms with Gasteiger partial charge in [0.05, 0.1) is 0 Å². The lowest BCUT2D eigenvalue weighted by molar-refractivity contribution is 0.292. The van der Waals surface area contributed by atoms with Gasteiger partial charge in [-0.2, -0.15) is 0 Å². The third kappa shape index (κ3) is 7.62. The van der Waals surface area contributed by atoms with Gasteiger partial charge in [0.15, 0.2) is 5.96 Å². The van der Waals surface area contributed by atoms with Crippen LogP contribution in [0.5, 0.6) is 0 Å². The number of guanidine groups is 1. The monoisotopic (exact) mass is 400 g/mol. The van der Waals surface area contributed by atoms with Crippen LogP contribution in [-0.2, 0) is 6.54 Å². The standard InChI is InChI=1S/C18H30BrFN4/c1-5-24(6-2)11-7-8-14(3)23-18(21-4)22-13-15-12-16(19)9-10-17(15)20/h9-10,12,14H,5-8,11,13H2,1-4H3,(H2,21,22,23). The second-order valence-corrected chi connectivity index (χ2v) is 6.79. The van der Waals surface area contributed by atoms with Gasteiger partial charge >= 0.3 is 0 Å². The Morgan fingerprint density at radius 1 is 1.33 bits per heavy atom. The molecule has 0 saturated heterocycles. The van der Waals surface area contributed by atoms with E-state index in [1.54, 1.807) is 19.2 Å². The summed E-state index contributed by atoms with van der Waals surface area (Å²) in [6.07, 6.45) is 2.22. The van der Waals surface area contributed by atoms with Crippen LogP contribution in [0.15, 0.2) is 27.7 Å². The largest absolute Gasteiger partial charge is 0.354 e. The average Bonchev–Trinajstić information content (AvgIpc) is 2.58. The molecular formula is C18H30BrFN4. The number of aliphatic imine (C=N–C) groups is 1. The van der Waals surface area contributed by atoms with Gasteiger partial charge in [0.25, 0.3) is 0 Å². The first-order valence-electron chi connectivity index (χ1n) is 8.63. The van der Waals surface area contributed by atoms with E-state index in [1.165, 1.54) is 6.07 Å². The molecule has 0 aliphatic carbocycles. The van der Waals surface area contributed by atoms with Crippen LogP contribution in [0.2, 0.25) is 0 Å². The van der Waals surface area contributed by atoms with Crippen LogP contribution in [0.25, 0.3) is 0 Å². The second kappa shape index (κ2) is 11.4. The van der Waals surface area contributed by atoms with E-state index in [9.17, 15) is 4.39 Å². The molecule has 2 N–H and O–H groups in total. The highest BCUT2D eigenvalue weighted by Crippen LogP contribution is 2.15. The third-order valence-corrected chi connectivity index (χ3v) is 4.56. The van der Waals surface area contributed by atoms with Crippen molar-refractivity contribution in [3.8, 4) is 0 Å². The minimum absolute atomic E-state index is 0.214. The van der Waals surface area contributed by atoms with E-state index in [1.807, 2.05) is 0 Å².